The standard InChI is InChI=1S/C20H23N5O5/c1-6-10-24(12-13-8-7-9-16(28-4)20(13)29-5)14-11-15(23(2)3)19(25(26)27)18-17(14)21-30-22-18/h6-9,11H,1,10,12H2,2-5H3. The van der Waals surface area contributed by atoms with Crippen molar-refractivity contribution in [2.45, 2.75) is 6.54 Å². The number of benzene rings is 2. The second-order valence-corrected chi connectivity index (χ2v) is 6.70. The molecule has 30 heavy (non-hydrogen) atoms. The highest BCUT2D eigenvalue weighted by molar-refractivity contribution is 6.00. The van der Waals surface area contributed by atoms with Crippen molar-refractivity contribution in [3.05, 3.63) is 52.6 Å². The predicted molar refractivity (Wildman–Crippen MR) is 114 cm³/mol. The lowest BCUT2D eigenvalue weighted by molar-refractivity contribution is -0.382. The summed E-state index contributed by atoms with van der Waals surface area (Å²) < 4.78 is 15.8. The Morgan fingerprint density at radius 2 is 1.93 bits per heavy atom. The zero-order valence-corrected chi connectivity index (χ0v) is 17.3. The molecule has 0 aliphatic carbocycles. The maximum Gasteiger partial charge on any atom is 0.323 e. The number of anilines is 2. The second kappa shape index (κ2) is 8.68. The van der Waals surface area contributed by atoms with Gasteiger partial charge in [0.05, 0.1) is 24.8 Å². The number of nitro benzene ring substituents is 1. The van der Waals surface area contributed by atoms with Crippen LogP contribution < -0.4 is 19.3 Å². The van der Waals surface area contributed by atoms with E-state index < -0.39 is 4.92 Å². The van der Waals surface area contributed by atoms with Gasteiger partial charge in [-0.25, -0.2) is 4.63 Å². The van der Waals surface area contributed by atoms with Crippen LogP contribution in [0.3, 0.4) is 0 Å². The van der Waals surface area contributed by atoms with Gasteiger partial charge < -0.3 is 19.3 Å². The van der Waals surface area contributed by atoms with Crippen molar-refractivity contribution < 1.29 is 19.0 Å². The Morgan fingerprint density at radius 3 is 2.53 bits per heavy atom. The number of hydrogen-bond donors (Lipinski definition) is 0. The average Bonchev–Trinajstić information content (AvgIpc) is 3.21. The minimum atomic E-state index is -0.478. The molecule has 0 saturated heterocycles. The number of methoxy groups -OCH3 is 2. The molecule has 0 spiro atoms. The smallest absolute Gasteiger partial charge is 0.323 e. The second-order valence-electron chi connectivity index (χ2n) is 6.70. The molecular weight excluding hydrogens is 390 g/mol. The molecule has 0 fully saturated rings. The van der Waals surface area contributed by atoms with Gasteiger partial charge in [0.1, 0.15) is 5.69 Å². The zero-order chi connectivity index (χ0) is 21.8. The molecule has 1 heterocycles. The number of aromatic nitrogens is 2. The van der Waals surface area contributed by atoms with Gasteiger partial charge >= 0.3 is 5.69 Å². The van der Waals surface area contributed by atoms with Crippen LogP contribution in [-0.4, -0.2) is 50.1 Å². The Morgan fingerprint density at radius 1 is 1.20 bits per heavy atom. The van der Waals surface area contributed by atoms with Gasteiger partial charge in [-0.15, -0.1) is 6.58 Å². The Kier molecular flexibility index (Phi) is 6.05. The van der Waals surface area contributed by atoms with Crippen molar-refractivity contribution in [2.24, 2.45) is 0 Å². The highest BCUT2D eigenvalue weighted by Gasteiger charge is 2.29. The molecule has 0 aliphatic heterocycles. The number of rotatable bonds is 9. The van der Waals surface area contributed by atoms with E-state index in [4.69, 9.17) is 14.1 Å². The summed E-state index contributed by atoms with van der Waals surface area (Å²) in [4.78, 5) is 14.8. The van der Waals surface area contributed by atoms with Crippen LogP contribution in [-0.2, 0) is 6.54 Å². The third-order valence-electron chi connectivity index (χ3n) is 4.67. The largest absolute Gasteiger partial charge is 0.493 e. The number of nitrogens with zero attached hydrogens (tertiary/aromatic N) is 5. The van der Waals surface area contributed by atoms with Gasteiger partial charge in [0.15, 0.2) is 17.0 Å². The Bertz CT molecular complexity index is 1080. The lowest BCUT2D eigenvalue weighted by Gasteiger charge is -2.26. The summed E-state index contributed by atoms with van der Waals surface area (Å²) in [6, 6.07) is 7.32. The highest BCUT2D eigenvalue weighted by Crippen LogP contribution is 2.41. The SMILES string of the molecule is C=CCN(Cc1cccc(OC)c1OC)c1cc(N(C)C)c([N+](=O)[O-])c2nonc12. The average molecular weight is 413 g/mol. The molecule has 0 atom stereocenters. The fourth-order valence-electron chi connectivity index (χ4n) is 3.35. The molecule has 0 saturated carbocycles. The zero-order valence-electron chi connectivity index (χ0n) is 17.3. The molecule has 10 heteroatoms. The van der Waals surface area contributed by atoms with Crippen LogP contribution in [0.25, 0.3) is 11.0 Å². The molecule has 3 rings (SSSR count). The van der Waals surface area contributed by atoms with Gasteiger partial charge in [-0.05, 0) is 22.4 Å². The van der Waals surface area contributed by atoms with Crippen molar-refractivity contribution >= 4 is 28.1 Å². The first-order valence-corrected chi connectivity index (χ1v) is 9.09. The maximum absolute atomic E-state index is 11.7. The quantitative estimate of drug-likeness (QED) is 0.296. The minimum absolute atomic E-state index is 0.0906. The summed E-state index contributed by atoms with van der Waals surface area (Å²) in [7, 11) is 6.62. The monoisotopic (exact) mass is 413 g/mol. The third kappa shape index (κ3) is 3.71. The molecule has 1 aromatic heterocycles. The molecule has 0 N–H and O–H groups in total. The Labute approximate surface area is 173 Å². The molecular formula is C20H23N5O5. The van der Waals surface area contributed by atoms with Gasteiger partial charge in [-0.3, -0.25) is 10.1 Å². The van der Waals surface area contributed by atoms with Crippen LogP contribution in [0.5, 0.6) is 11.5 Å². The maximum atomic E-state index is 11.7. The Hall–Kier alpha value is -3.82. The van der Waals surface area contributed by atoms with Gasteiger partial charge in [0.2, 0.25) is 5.52 Å². The highest BCUT2D eigenvalue weighted by atomic mass is 16.6. The molecule has 0 aliphatic rings. The fourth-order valence-corrected chi connectivity index (χ4v) is 3.35. The van der Waals surface area contributed by atoms with Gasteiger partial charge in [0, 0.05) is 32.7 Å². The predicted octanol–water partition coefficient (Wildman–Crippen LogP) is 3.41. The topological polar surface area (TPSA) is 107 Å². The summed E-state index contributed by atoms with van der Waals surface area (Å²) in [5.74, 6) is 1.22. The first-order valence-electron chi connectivity index (χ1n) is 9.09. The van der Waals surface area contributed by atoms with Crippen molar-refractivity contribution in [1.82, 2.24) is 10.3 Å². The first-order chi connectivity index (χ1) is 14.4. The number of para-hydroxylation sites is 1. The van der Waals surface area contributed by atoms with E-state index in [1.54, 1.807) is 45.4 Å². The molecule has 2 aromatic carbocycles. The molecule has 3 aromatic rings. The van der Waals surface area contributed by atoms with Crippen molar-refractivity contribution in [1.29, 1.82) is 0 Å². The van der Waals surface area contributed by atoms with Crippen molar-refractivity contribution in [3.63, 3.8) is 0 Å². The summed E-state index contributed by atoms with van der Waals surface area (Å²) in [5, 5.41) is 19.4. The van der Waals surface area contributed by atoms with E-state index >= 15 is 0 Å². The molecule has 158 valence electrons. The number of fused-ring (bicyclic) bond motifs is 1. The summed E-state index contributed by atoms with van der Waals surface area (Å²) in [6.07, 6.45) is 1.74. The molecule has 0 unspecified atom stereocenters. The van der Waals surface area contributed by atoms with Crippen LogP contribution in [0.2, 0.25) is 0 Å². The van der Waals surface area contributed by atoms with Crippen LogP contribution in [0.4, 0.5) is 17.1 Å². The van der Waals surface area contributed by atoms with Gasteiger partial charge in [0.25, 0.3) is 0 Å². The van der Waals surface area contributed by atoms with Crippen LogP contribution in [0.1, 0.15) is 5.56 Å². The van der Waals surface area contributed by atoms with Crippen molar-refractivity contribution in [3.8, 4) is 11.5 Å². The van der Waals surface area contributed by atoms with Gasteiger partial charge in [-0.1, -0.05) is 18.2 Å². The van der Waals surface area contributed by atoms with E-state index in [0.29, 0.717) is 41.5 Å². The lowest BCUT2D eigenvalue weighted by Crippen LogP contribution is -2.24. The lowest BCUT2D eigenvalue weighted by atomic mass is 10.1. The first kappa shape index (κ1) is 20.9. The van der Waals surface area contributed by atoms with E-state index in [9.17, 15) is 10.1 Å². The number of hydrogen-bond acceptors (Lipinski definition) is 9. The summed E-state index contributed by atoms with van der Waals surface area (Å²) in [5.41, 5.74) is 2.13. The summed E-state index contributed by atoms with van der Waals surface area (Å²) in [6.45, 7) is 4.71. The van der Waals surface area contributed by atoms with Gasteiger partial charge in [-0.2, -0.15) is 0 Å². The van der Waals surface area contributed by atoms with Crippen LogP contribution in [0.15, 0.2) is 41.5 Å². The molecule has 10 nitrogen and oxygen atoms in total. The van der Waals surface area contributed by atoms with E-state index in [-0.39, 0.29) is 11.2 Å². The van der Waals surface area contributed by atoms with E-state index in [1.165, 1.54) is 0 Å². The van der Waals surface area contributed by atoms with E-state index in [1.807, 2.05) is 23.1 Å². The number of ether oxygens (including phenoxy) is 2. The molecule has 0 amide bonds. The normalized spacial score (nSPS) is 10.7. The van der Waals surface area contributed by atoms with Crippen LogP contribution >= 0.6 is 0 Å². The molecule has 0 radical (unpaired) electrons. The third-order valence-corrected chi connectivity index (χ3v) is 4.67. The number of nitro groups is 1. The van der Waals surface area contributed by atoms with E-state index in [0.717, 1.165) is 5.56 Å². The Balaban J connectivity index is 2.18. The van der Waals surface area contributed by atoms with Crippen LogP contribution in [0, 0.1) is 10.1 Å². The van der Waals surface area contributed by atoms with Crippen molar-refractivity contribution in [2.75, 3.05) is 44.7 Å². The fraction of sp³-hybridized carbons (Fsp3) is 0.300. The van der Waals surface area contributed by atoms with E-state index in [2.05, 4.69) is 16.9 Å². The molecule has 0 bridgehead atoms. The minimum Gasteiger partial charge on any atom is -0.493 e. The summed E-state index contributed by atoms with van der Waals surface area (Å²) >= 11 is 0.